The minimum Gasteiger partial charge on any atom is -0.368 e. The number of ether oxygens (including phenoxy) is 1. The first-order valence-corrected chi connectivity index (χ1v) is 4.07. The number of hydrogen-bond donors (Lipinski definition) is 0. The van der Waals surface area contributed by atoms with Crippen molar-refractivity contribution in [1.82, 2.24) is 0 Å². The van der Waals surface area contributed by atoms with Crippen molar-refractivity contribution in [3.63, 3.8) is 0 Å². The molecule has 2 atom stereocenters. The Morgan fingerprint density at radius 2 is 2.25 bits per heavy atom. The third kappa shape index (κ3) is 1.67. The Balaban J connectivity index is 2.19. The number of hydrogen-bond acceptors (Lipinski definition) is 2. The van der Waals surface area contributed by atoms with Gasteiger partial charge in [0, 0.05) is 5.75 Å². The molecule has 0 aromatic heterocycles. The lowest BCUT2D eigenvalue weighted by atomic mass is 10.2. The van der Waals surface area contributed by atoms with Crippen LogP contribution in [0.1, 0.15) is 13.8 Å². The molecule has 1 aliphatic heterocycles. The van der Waals surface area contributed by atoms with Gasteiger partial charge in [0.05, 0.1) is 12.0 Å². The molecule has 1 nitrogen and oxygen atoms in total. The van der Waals surface area contributed by atoms with E-state index in [2.05, 4.69) is 13.8 Å². The van der Waals surface area contributed by atoms with Gasteiger partial charge in [-0.2, -0.15) is 0 Å². The van der Waals surface area contributed by atoms with Crippen molar-refractivity contribution in [2.24, 2.45) is 5.92 Å². The summed E-state index contributed by atoms with van der Waals surface area (Å²) in [7, 11) is 0. The van der Waals surface area contributed by atoms with Gasteiger partial charge in [0.2, 0.25) is 0 Å². The van der Waals surface area contributed by atoms with Gasteiger partial charge in [-0.15, -0.1) is 11.8 Å². The summed E-state index contributed by atoms with van der Waals surface area (Å²) in [5.41, 5.74) is 0.436. The number of thioether (sulfide) groups is 1. The zero-order chi connectivity index (χ0) is 5.98. The highest BCUT2D eigenvalue weighted by molar-refractivity contribution is 7.99. The van der Waals surface area contributed by atoms with Gasteiger partial charge < -0.3 is 4.74 Å². The molecule has 1 heterocycles. The maximum atomic E-state index is 5.35. The van der Waals surface area contributed by atoms with Crippen molar-refractivity contribution in [2.75, 3.05) is 12.4 Å². The lowest BCUT2D eigenvalue weighted by Gasteiger charge is -2.22. The first-order valence-electron chi connectivity index (χ1n) is 3.02. The second-order valence-electron chi connectivity index (χ2n) is 2.34. The quantitative estimate of drug-likeness (QED) is 0.496. The Hall–Kier alpha value is 0.310. The molecule has 1 fully saturated rings. The third-order valence-electron chi connectivity index (χ3n) is 1.23. The van der Waals surface area contributed by atoms with Gasteiger partial charge in [-0.05, 0) is 12.8 Å². The molecule has 8 heavy (non-hydrogen) atoms. The predicted octanol–water partition coefficient (Wildman–Crippen LogP) is 1.73. The lowest BCUT2D eigenvalue weighted by Crippen LogP contribution is -2.20. The van der Waals surface area contributed by atoms with Gasteiger partial charge in [0.1, 0.15) is 0 Å². The van der Waals surface area contributed by atoms with Gasteiger partial charge in [-0.3, -0.25) is 0 Å². The fraction of sp³-hybridized carbons (Fsp3) is 1.00. The fourth-order valence-corrected chi connectivity index (χ4v) is 1.57. The molecule has 1 rings (SSSR count). The van der Waals surface area contributed by atoms with Crippen LogP contribution in [0.4, 0.5) is 0 Å². The maximum absolute atomic E-state index is 5.35. The number of rotatable bonds is 0. The van der Waals surface area contributed by atoms with Gasteiger partial charge in [-0.25, -0.2) is 0 Å². The summed E-state index contributed by atoms with van der Waals surface area (Å²) in [5.74, 6) is 2.03. The van der Waals surface area contributed by atoms with Gasteiger partial charge in [0.25, 0.3) is 0 Å². The van der Waals surface area contributed by atoms with Crippen LogP contribution in [0.5, 0.6) is 0 Å². The van der Waals surface area contributed by atoms with Crippen molar-refractivity contribution in [3.05, 3.63) is 0 Å². The van der Waals surface area contributed by atoms with Crippen molar-refractivity contribution in [2.45, 2.75) is 19.3 Å². The molecule has 0 radical (unpaired) electrons. The van der Waals surface area contributed by atoms with E-state index in [9.17, 15) is 0 Å². The normalized spacial score (nSPS) is 39.8. The molecule has 2 heteroatoms. The third-order valence-corrected chi connectivity index (χ3v) is 2.60. The van der Waals surface area contributed by atoms with Crippen molar-refractivity contribution < 1.29 is 4.74 Å². The van der Waals surface area contributed by atoms with Gasteiger partial charge in [-0.1, -0.05) is 6.92 Å². The summed E-state index contributed by atoms with van der Waals surface area (Å²) in [6, 6.07) is 0. The summed E-state index contributed by atoms with van der Waals surface area (Å²) < 4.78 is 5.35. The summed E-state index contributed by atoms with van der Waals surface area (Å²) >= 11 is 1.90. The minimum atomic E-state index is 0.436. The van der Waals surface area contributed by atoms with E-state index in [4.69, 9.17) is 4.74 Å². The van der Waals surface area contributed by atoms with E-state index in [-0.39, 0.29) is 0 Å². The molecule has 0 bridgehead atoms. The summed E-state index contributed by atoms with van der Waals surface area (Å²) in [6.07, 6.45) is 0. The second kappa shape index (κ2) is 2.74. The molecule has 1 aliphatic rings. The van der Waals surface area contributed by atoms with E-state index in [1.807, 2.05) is 11.8 Å². The highest BCUT2D eigenvalue weighted by Gasteiger charge is 2.13. The van der Waals surface area contributed by atoms with E-state index in [0.717, 1.165) is 12.5 Å². The topological polar surface area (TPSA) is 9.23 Å². The summed E-state index contributed by atoms with van der Waals surface area (Å²) in [6.45, 7) is 5.28. The Labute approximate surface area is 54.8 Å². The Morgan fingerprint density at radius 3 is 2.62 bits per heavy atom. The van der Waals surface area contributed by atoms with Crippen LogP contribution in [0.3, 0.4) is 0 Å². The van der Waals surface area contributed by atoms with Crippen LogP contribution in [-0.2, 0) is 4.74 Å². The highest BCUT2D eigenvalue weighted by atomic mass is 32.2. The van der Waals surface area contributed by atoms with Crippen LogP contribution in [0.2, 0.25) is 0 Å². The van der Waals surface area contributed by atoms with E-state index in [1.54, 1.807) is 0 Å². The Kier molecular flexibility index (Phi) is 2.20. The first-order chi connectivity index (χ1) is 3.79. The molecular weight excluding hydrogens is 120 g/mol. The molecule has 0 N–H and O–H groups in total. The SMILES string of the molecule is CC1COC(C)SC1. The van der Waals surface area contributed by atoms with E-state index >= 15 is 0 Å². The lowest BCUT2D eigenvalue weighted by molar-refractivity contribution is 0.0915. The molecule has 0 aromatic rings. The Bertz CT molecular complexity index is 56.9. The van der Waals surface area contributed by atoms with E-state index in [0.29, 0.717) is 5.44 Å². The van der Waals surface area contributed by atoms with Gasteiger partial charge >= 0.3 is 0 Å². The van der Waals surface area contributed by atoms with Crippen LogP contribution in [0.25, 0.3) is 0 Å². The average molecular weight is 132 g/mol. The average Bonchev–Trinajstić information content (AvgIpc) is 1.77. The monoisotopic (exact) mass is 132 g/mol. The molecule has 0 aromatic carbocycles. The molecule has 0 amide bonds. The van der Waals surface area contributed by atoms with Crippen LogP contribution >= 0.6 is 11.8 Å². The van der Waals surface area contributed by atoms with Gasteiger partial charge in [0.15, 0.2) is 0 Å². The summed E-state index contributed by atoms with van der Waals surface area (Å²) in [4.78, 5) is 0. The van der Waals surface area contributed by atoms with Crippen LogP contribution in [0.15, 0.2) is 0 Å². The highest BCUT2D eigenvalue weighted by Crippen LogP contribution is 2.21. The molecule has 0 aliphatic carbocycles. The first kappa shape index (κ1) is 6.43. The van der Waals surface area contributed by atoms with Crippen molar-refractivity contribution >= 4 is 11.8 Å². The van der Waals surface area contributed by atoms with E-state index in [1.165, 1.54) is 5.75 Å². The van der Waals surface area contributed by atoms with Crippen LogP contribution in [0, 0.1) is 5.92 Å². The maximum Gasteiger partial charge on any atom is 0.0999 e. The largest absolute Gasteiger partial charge is 0.368 e. The molecular formula is C6H12OS. The molecule has 0 saturated carbocycles. The molecule has 2 unspecified atom stereocenters. The fourth-order valence-electron chi connectivity index (χ4n) is 0.696. The van der Waals surface area contributed by atoms with Crippen LogP contribution in [-0.4, -0.2) is 17.8 Å². The molecule has 48 valence electrons. The van der Waals surface area contributed by atoms with Crippen LogP contribution < -0.4 is 0 Å². The summed E-state index contributed by atoms with van der Waals surface area (Å²) in [5, 5.41) is 0. The standard InChI is InChI=1S/C6H12OS/c1-5-3-7-6(2)8-4-5/h5-6H,3-4H2,1-2H3. The second-order valence-corrected chi connectivity index (χ2v) is 3.67. The van der Waals surface area contributed by atoms with E-state index < -0.39 is 0 Å². The van der Waals surface area contributed by atoms with Crippen molar-refractivity contribution in [3.8, 4) is 0 Å². The van der Waals surface area contributed by atoms with Crippen molar-refractivity contribution in [1.29, 1.82) is 0 Å². The predicted molar refractivity (Wildman–Crippen MR) is 37.0 cm³/mol. The minimum absolute atomic E-state index is 0.436. The zero-order valence-corrected chi connectivity index (χ0v) is 6.20. The molecule has 1 saturated heterocycles. The Morgan fingerprint density at radius 1 is 1.50 bits per heavy atom. The zero-order valence-electron chi connectivity index (χ0n) is 5.39. The smallest absolute Gasteiger partial charge is 0.0999 e. The molecule has 0 spiro atoms.